The number of pyridine rings is 1. The predicted molar refractivity (Wildman–Crippen MR) is 127 cm³/mol. The van der Waals surface area contributed by atoms with Crippen LogP contribution in [0.3, 0.4) is 0 Å². The van der Waals surface area contributed by atoms with E-state index < -0.39 is 17.4 Å². The molecule has 13 heteroatoms. The van der Waals surface area contributed by atoms with Gasteiger partial charge in [0.25, 0.3) is 5.56 Å². The summed E-state index contributed by atoms with van der Waals surface area (Å²) >= 11 is 0. The first-order valence-electron chi connectivity index (χ1n) is 11.9. The highest BCUT2D eigenvalue weighted by Crippen LogP contribution is 2.36. The number of aromatic nitrogens is 7. The smallest absolute Gasteiger partial charge is 0.367 e. The number of hydrogen-bond acceptors (Lipinski definition) is 8. The van der Waals surface area contributed by atoms with Crippen molar-refractivity contribution in [1.82, 2.24) is 34.5 Å². The molecule has 0 spiro atoms. The molecule has 0 bridgehead atoms. The monoisotopic (exact) mass is 512 g/mol. The van der Waals surface area contributed by atoms with Crippen LogP contribution in [0.25, 0.3) is 22.2 Å². The van der Waals surface area contributed by atoms with Crippen molar-refractivity contribution < 1.29 is 17.9 Å². The minimum atomic E-state index is -4.57. The van der Waals surface area contributed by atoms with Crippen molar-refractivity contribution in [2.45, 2.75) is 44.2 Å². The normalized spacial score (nSPS) is 20.5. The molecule has 37 heavy (non-hydrogen) atoms. The molecule has 4 aromatic heterocycles. The molecule has 0 N–H and O–H groups in total. The standard InChI is InChI=1S/C24H23F3N8O2/c1-13-10-34(12-18(37-13)15-8-30-35(11-15)16-4-5-16)23-31-20(14-3-6-19(28-7-14)24(25,26)27)17-9-29-33(2)22(36)21(17)32-23/h3,6-9,11,13,16,18H,4-5,10,12H2,1-2H3/t13-,18-/m1/s1. The van der Waals surface area contributed by atoms with Crippen LogP contribution in [0.1, 0.15) is 43.2 Å². The molecule has 2 aliphatic rings. The van der Waals surface area contributed by atoms with E-state index in [4.69, 9.17) is 9.72 Å². The third-order valence-corrected chi connectivity index (χ3v) is 6.58. The van der Waals surface area contributed by atoms with E-state index >= 15 is 0 Å². The molecule has 1 saturated heterocycles. The Hall–Kier alpha value is -3.87. The number of nitrogens with zero attached hydrogens (tertiary/aromatic N) is 8. The zero-order valence-electron chi connectivity index (χ0n) is 20.1. The molecular formula is C24H23F3N8O2. The number of alkyl halides is 3. The van der Waals surface area contributed by atoms with Gasteiger partial charge in [0.1, 0.15) is 17.3 Å². The molecule has 2 atom stereocenters. The highest BCUT2D eigenvalue weighted by atomic mass is 19.4. The van der Waals surface area contributed by atoms with Crippen molar-refractivity contribution in [3.05, 3.63) is 58.5 Å². The summed E-state index contributed by atoms with van der Waals surface area (Å²) in [6, 6.07) is 2.62. The second-order valence-electron chi connectivity index (χ2n) is 9.46. The van der Waals surface area contributed by atoms with Gasteiger partial charge in [-0.25, -0.2) is 14.6 Å². The first-order valence-corrected chi connectivity index (χ1v) is 11.9. The fourth-order valence-electron chi connectivity index (χ4n) is 4.51. The van der Waals surface area contributed by atoms with Crippen LogP contribution in [0, 0.1) is 0 Å². The molecule has 1 aliphatic heterocycles. The Kier molecular flexibility index (Phi) is 5.48. The molecule has 0 unspecified atom stereocenters. The van der Waals surface area contributed by atoms with E-state index in [1.54, 1.807) is 6.20 Å². The van der Waals surface area contributed by atoms with Gasteiger partial charge in [-0.1, -0.05) is 0 Å². The molecule has 192 valence electrons. The first-order chi connectivity index (χ1) is 17.7. The number of ether oxygens (including phenoxy) is 1. The fourth-order valence-corrected chi connectivity index (χ4v) is 4.51. The van der Waals surface area contributed by atoms with Gasteiger partial charge in [-0.3, -0.25) is 14.5 Å². The van der Waals surface area contributed by atoms with Gasteiger partial charge in [0.15, 0.2) is 0 Å². The molecule has 0 aromatic carbocycles. The highest BCUT2D eigenvalue weighted by Gasteiger charge is 2.33. The molecule has 1 aliphatic carbocycles. The maximum atomic E-state index is 13.1. The summed E-state index contributed by atoms with van der Waals surface area (Å²) in [5, 5.41) is 8.85. The van der Waals surface area contributed by atoms with E-state index in [2.05, 4.69) is 20.2 Å². The Balaban J connectivity index is 1.42. The lowest BCUT2D eigenvalue weighted by molar-refractivity contribution is -0.141. The average molecular weight is 512 g/mol. The highest BCUT2D eigenvalue weighted by molar-refractivity contribution is 5.91. The maximum Gasteiger partial charge on any atom is 0.433 e. The van der Waals surface area contributed by atoms with Gasteiger partial charge < -0.3 is 9.64 Å². The lowest BCUT2D eigenvalue weighted by Crippen LogP contribution is -2.43. The number of aryl methyl sites for hydroxylation is 1. The minimum Gasteiger partial charge on any atom is -0.367 e. The number of halogens is 3. The second kappa shape index (κ2) is 8.61. The van der Waals surface area contributed by atoms with E-state index in [-0.39, 0.29) is 29.4 Å². The van der Waals surface area contributed by atoms with Crippen LogP contribution >= 0.6 is 0 Å². The summed E-state index contributed by atoms with van der Waals surface area (Å²) in [6.45, 7) is 2.83. The van der Waals surface area contributed by atoms with Gasteiger partial charge in [0, 0.05) is 37.1 Å². The Morgan fingerprint density at radius 2 is 1.86 bits per heavy atom. The number of hydrogen-bond donors (Lipinski definition) is 0. The number of morpholine rings is 1. The number of anilines is 1. The lowest BCUT2D eigenvalue weighted by Gasteiger charge is -2.36. The van der Waals surface area contributed by atoms with Crippen molar-refractivity contribution in [3.63, 3.8) is 0 Å². The first kappa shape index (κ1) is 23.5. The molecule has 0 radical (unpaired) electrons. The molecule has 2 fully saturated rings. The van der Waals surface area contributed by atoms with Crippen LogP contribution in [0.4, 0.5) is 19.1 Å². The molecule has 0 amide bonds. The summed E-state index contributed by atoms with van der Waals surface area (Å²) in [5.74, 6) is 0.278. The third kappa shape index (κ3) is 4.43. The molecule has 1 saturated carbocycles. The van der Waals surface area contributed by atoms with Crippen molar-refractivity contribution in [1.29, 1.82) is 0 Å². The van der Waals surface area contributed by atoms with Crippen molar-refractivity contribution in [3.8, 4) is 11.3 Å². The second-order valence-corrected chi connectivity index (χ2v) is 9.46. The minimum absolute atomic E-state index is 0.120. The Morgan fingerprint density at radius 1 is 1.05 bits per heavy atom. The van der Waals surface area contributed by atoms with Gasteiger partial charge in [-0.2, -0.15) is 23.4 Å². The number of rotatable bonds is 4. The largest absolute Gasteiger partial charge is 0.433 e. The van der Waals surface area contributed by atoms with E-state index in [1.807, 2.05) is 22.7 Å². The Bertz CT molecular complexity index is 1530. The van der Waals surface area contributed by atoms with E-state index in [0.717, 1.165) is 35.4 Å². The van der Waals surface area contributed by atoms with Crippen LogP contribution in [-0.4, -0.2) is 53.7 Å². The topological polar surface area (TPSA) is 104 Å². The van der Waals surface area contributed by atoms with Crippen LogP contribution in [0.5, 0.6) is 0 Å². The van der Waals surface area contributed by atoms with Gasteiger partial charge in [-0.05, 0) is 31.9 Å². The quantitative estimate of drug-likeness (QED) is 0.410. The van der Waals surface area contributed by atoms with Crippen LogP contribution in [-0.2, 0) is 18.0 Å². The van der Waals surface area contributed by atoms with Crippen LogP contribution in [0.2, 0.25) is 0 Å². The number of fused-ring (bicyclic) bond motifs is 1. The molecule has 10 nitrogen and oxygen atoms in total. The van der Waals surface area contributed by atoms with Gasteiger partial charge in [0.05, 0.1) is 42.2 Å². The van der Waals surface area contributed by atoms with E-state index in [9.17, 15) is 18.0 Å². The van der Waals surface area contributed by atoms with E-state index in [1.165, 1.54) is 19.3 Å². The van der Waals surface area contributed by atoms with Crippen molar-refractivity contribution in [2.75, 3.05) is 18.0 Å². The molecule has 6 rings (SSSR count). The third-order valence-electron chi connectivity index (χ3n) is 6.58. The molecule has 5 heterocycles. The predicted octanol–water partition coefficient (Wildman–Crippen LogP) is 3.30. The van der Waals surface area contributed by atoms with Crippen molar-refractivity contribution in [2.24, 2.45) is 7.05 Å². The summed E-state index contributed by atoms with van der Waals surface area (Å²) in [5.41, 5.74) is 0.210. The van der Waals surface area contributed by atoms with Gasteiger partial charge in [0.2, 0.25) is 5.95 Å². The van der Waals surface area contributed by atoms with Crippen LogP contribution < -0.4 is 10.5 Å². The van der Waals surface area contributed by atoms with Gasteiger partial charge in [-0.15, -0.1) is 0 Å². The average Bonchev–Trinajstić information content (AvgIpc) is 3.61. The summed E-state index contributed by atoms with van der Waals surface area (Å²) in [4.78, 5) is 27.7. The summed E-state index contributed by atoms with van der Waals surface area (Å²) in [7, 11) is 1.51. The van der Waals surface area contributed by atoms with E-state index in [0.29, 0.717) is 30.1 Å². The zero-order valence-corrected chi connectivity index (χ0v) is 20.1. The summed E-state index contributed by atoms with van der Waals surface area (Å²) < 4.78 is 48.5. The van der Waals surface area contributed by atoms with Crippen molar-refractivity contribution >= 4 is 16.9 Å². The zero-order chi connectivity index (χ0) is 25.9. The van der Waals surface area contributed by atoms with Crippen LogP contribution in [0.15, 0.2) is 41.7 Å². The summed E-state index contributed by atoms with van der Waals surface area (Å²) in [6.07, 6.45) is 3.55. The Morgan fingerprint density at radius 3 is 2.57 bits per heavy atom. The SMILES string of the molecule is C[C@@H]1CN(c2nc(-c3ccc(C(F)(F)F)nc3)c3cnn(C)c(=O)c3n2)C[C@H](c2cnn(C3CC3)c2)O1. The van der Waals surface area contributed by atoms with Gasteiger partial charge >= 0.3 is 6.18 Å². The molecule has 4 aromatic rings. The Labute approximate surface area is 208 Å². The fraction of sp³-hybridized carbons (Fsp3) is 0.417. The lowest BCUT2D eigenvalue weighted by atomic mass is 10.1. The molecular weight excluding hydrogens is 489 g/mol. The maximum absolute atomic E-state index is 13.1.